The third kappa shape index (κ3) is 1.66. The second kappa shape index (κ2) is 2.95. The molecule has 0 aromatic heterocycles. The first-order valence-electron chi connectivity index (χ1n) is 3.42. The van der Waals surface area contributed by atoms with Gasteiger partial charge in [0, 0.05) is 0 Å². The van der Waals surface area contributed by atoms with Crippen LogP contribution in [-0.4, -0.2) is 0 Å². The largest absolute Gasteiger partial charge is 0.204 e. The second-order valence-corrected chi connectivity index (χ2v) is 2.68. The Bertz CT molecular complexity index is 160. The van der Waals surface area contributed by atoms with E-state index >= 15 is 0 Å². The third-order valence-electron chi connectivity index (χ3n) is 1.63. The van der Waals surface area contributed by atoms with Crippen molar-refractivity contribution in [1.82, 2.24) is 0 Å². The van der Waals surface area contributed by atoms with E-state index in [0.29, 0.717) is 18.8 Å². The molecule has 0 unspecified atom stereocenters. The van der Waals surface area contributed by atoms with Crippen molar-refractivity contribution in [2.24, 2.45) is 5.92 Å². The molecule has 0 bridgehead atoms. The molecule has 0 heterocycles. The average molecular weight is 144 g/mol. The van der Waals surface area contributed by atoms with Crippen LogP contribution in [0.15, 0.2) is 23.8 Å². The number of hydrogen-bond donors (Lipinski definition) is 0. The Balaban J connectivity index is 2.73. The van der Waals surface area contributed by atoms with Crippen molar-refractivity contribution in [2.45, 2.75) is 19.8 Å². The highest BCUT2D eigenvalue weighted by Crippen LogP contribution is 2.23. The van der Waals surface area contributed by atoms with Gasteiger partial charge in [0.2, 0.25) is 0 Å². The predicted molar refractivity (Wildman–Crippen MR) is 36.8 cm³/mol. The summed E-state index contributed by atoms with van der Waals surface area (Å²) in [6.45, 7) is 1.97. The zero-order valence-electron chi connectivity index (χ0n) is 5.90. The van der Waals surface area contributed by atoms with Gasteiger partial charge >= 0.3 is 0 Å². The highest BCUT2D eigenvalue weighted by molar-refractivity contribution is 5.20. The van der Waals surface area contributed by atoms with Gasteiger partial charge < -0.3 is 0 Å². The summed E-state index contributed by atoms with van der Waals surface area (Å²) in [7, 11) is 0. The molecule has 1 aliphatic rings. The number of allylic oxidation sites excluding steroid dienone is 4. The van der Waals surface area contributed by atoms with Crippen molar-refractivity contribution < 1.29 is 8.78 Å². The molecule has 0 N–H and O–H groups in total. The van der Waals surface area contributed by atoms with E-state index in [1.807, 2.05) is 6.92 Å². The number of hydrogen-bond acceptors (Lipinski definition) is 0. The first kappa shape index (κ1) is 7.45. The third-order valence-corrected chi connectivity index (χ3v) is 1.63. The average Bonchev–Trinajstić information content (AvgIpc) is 2.04. The molecule has 1 aliphatic carbocycles. The van der Waals surface area contributed by atoms with Crippen LogP contribution in [0.2, 0.25) is 0 Å². The molecule has 0 saturated carbocycles. The van der Waals surface area contributed by atoms with E-state index in [4.69, 9.17) is 0 Å². The minimum absolute atomic E-state index is 0.360. The summed E-state index contributed by atoms with van der Waals surface area (Å²) in [5, 5.41) is 0. The Labute approximate surface area is 59.2 Å². The zero-order valence-corrected chi connectivity index (χ0v) is 5.90. The fourth-order valence-electron chi connectivity index (χ4n) is 0.901. The molecular weight excluding hydrogens is 134 g/mol. The van der Waals surface area contributed by atoms with Gasteiger partial charge in [0.25, 0.3) is 0 Å². The quantitative estimate of drug-likeness (QED) is 0.490. The van der Waals surface area contributed by atoms with E-state index in [-0.39, 0.29) is 0 Å². The van der Waals surface area contributed by atoms with Gasteiger partial charge in [-0.15, -0.1) is 0 Å². The molecule has 0 spiro atoms. The molecule has 0 aliphatic heterocycles. The molecule has 0 aromatic rings. The predicted octanol–water partition coefficient (Wildman–Crippen LogP) is 3.12. The van der Waals surface area contributed by atoms with E-state index in [9.17, 15) is 8.78 Å². The maximum absolute atomic E-state index is 12.4. The van der Waals surface area contributed by atoms with Gasteiger partial charge in [-0.3, -0.25) is 0 Å². The van der Waals surface area contributed by atoms with Gasteiger partial charge in [-0.25, -0.2) is 8.78 Å². The standard InChI is InChI=1S/C8H10F2/c1-6-2-4-7(9)8(10)5-3-6/h4-6H,2-3H2,1H3. The normalized spacial score (nSPS) is 21.5. The van der Waals surface area contributed by atoms with E-state index in [2.05, 4.69) is 0 Å². The maximum atomic E-state index is 12.4. The fraction of sp³-hybridized carbons (Fsp3) is 0.500. The number of rotatable bonds is 0. The molecule has 0 nitrogen and oxygen atoms in total. The summed E-state index contributed by atoms with van der Waals surface area (Å²) < 4.78 is 24.9. The van der Waals surface area contributed by atoms with Crippen molar-refractivity contribution in [3.63, 3.8) is 0 Å². The Morgan fingerprint density at radius 1 is 1.20 bits per heavy atom. The van der Waals surface area contributed by atoms with E-state index in [1.165, 1.54) is 12.2 Å². The molecule has 56 valence electrons. The summed E-state index contributed by atoms with van der Waals surface area (Å²) in [4.78, 5) is 0. The van der Waals surface area contributed by atoms with Crippen LogP contribution in [0.3, 0.4) is 0 Å². The van der Waals surface area contributed by atoms with Crippen molar-refractivity contribution in [3.8, 4) is 0 Å². The van der Waals surface area contributed by atoms with Gasteiger partial charge in [-0.05, 0) is 30.9 Å². The summed E-state index contributed by atoms with van der Waals surface area (Å²) >= 11 is 0. The van der Waals surface area contributed by atoms with Crippen molar-refractivity contribution in [3.05, 3.63) is 23.8 Å². The zero-order chi connectivity index (χ0) is 7.56. The molecule has 1 rings (SSSR count). The molecular formula is C8H10F2. The first-order valence-corrected chi connectivity index (χ1v) is 3.42. The van der Waals surface area contributed by atoms with Gasteiger partial charge in [0.05, 0.1) is 0 Å². The lowest BCUT2D eigenvalue weighted by atomic mass is 10.1. The summed E-state index contributed by atoms with van der Waals surface area (Å²) in [5.74, 6) is -1.05. The Hall–Kier alpha value is -0.660. The molecule has 0 aromatic carbocycles. The van der Waals surface area contributed by atoms with Gasteiger partial charge in [-0.1, -0.05) is 6.92 Å². The topological polar surface area (TPSA) is 0 Å². The Morgan fingerprint density at radius 2 is 1.60 bits per heavy atom. The minimum atomic E-state index is -0.704. The van der Waals surface area contributed by atoms with Gasteiger partial charge in [-0.2, -0.15) is 0 Å². The van der Waals surface area contributed by atoms with Crippen LogP contribution in [-0.2, 0) is 0 Å². The number of halogens is 2. The molecule has 2 heteroatoms. The van der Waals surface area contributed by atoms with E-state index in [1.54, 1.807) is 0 Å². The molecule has 0 amide bonds. The molecule has 0 atom stereocenters. The van der Waals surface area contributed by atoms with Crippen LogP contribution in [0, 0.1) is 5.92 Å². The SMILES string of the molecule is CC1CC=C(F)C(F)=CC1. The van der Waals surface area contributed by atoms with Crippen molar-refractivity contribution >= 4 is 0 Å². The Kier molecular flexibility index (Phi) is 2.20. The Morgan fingerprint density at radius 3 is 2.00 bits per heavy atom. The van der Waals surface area contributed by atoms with Crippen LogP contribution in [0.25, 0.3) is 0 Å². The lowest BCUT2D eigenvalue weighted by molar-refractivity contribution is 0.542. The van der Waals surface area contributed by atoms with Crippen LogP contribution in [0.5, 0.6) is 0 Å². The summed E-state index contributed by atoms with van der Waals surface area (Å²) in [6.07, 6.45) is 3.89. The van der Waals surface area contributed by atoms with Crippen LogP contribution in [0.4, 0.5) is 8.78 Å². The second-order valence-electron chi connectivity index (χ2n) is 2.68. The molecule has 0 radical (unpaired) electrons. The summed E-state index contributed by atoms with van der Waals surface area (Å²) in [5.41, 5.74) is 0. The van der Waals surface area contributed by atoms with Crippen LogP contribution >= 0.6 is 0 Å². The van der Waals surface area contributed by atoms with Crippen LogP contribution < -0.4 is 0 Å². The molecule has 0 fully saturated rings. The van der Waals surface area contributed by atoms with Gasteiger partial charge in [0.15, 0.2) is 11.7 Å². The van der Waals surface area contributed by atoms with Crippen molar-refractivity contribution in [2.75, 3.05) is 0 Å². The monoisotopic (exact) mass is 144 g/mol. The van der Waals surface area contributed by atoms with Crippen molar-refractivity contribution in [1.29, 1.82) is 0 Å². The maximum Gasteiger partial charge on any atom is 0.154 e. The smallest absolute Gasteiger partial charge is 0.154 e. The van der Waals surface area contributed by atoms with E-state index in [0.717, 1.165) is 0 Å². The lowest BCUT2D eigenvalue weighted by Crippen LogP contribution is -1.86. The molecule has 10 heavy (non-hydrogen) atoms. The highest BCUT2D eigenvalue weighted by Gasteiger charge is 2.09. The lowest BCUT2D eigenvalue weighted by Gasteiger charge is -1.99. The van der Waals surface area contributed by atoms with E-state index < -0.39 is 11.7 Å². The van der Waals surface area contributed by atoms with Crippen LogP contribution in [0.1, 0.15) is 19.8 Å². The summed E-state index contributed by atoms with van der Waals surface area (Å²) in [6, 6.07) is 0. The molecule has 0 saturated heterocycles. The minimum Gasteiger partial charge on any atom is -0.204 e. The highest BCUT2D eigenvalue weighted by atomic mass is 19.2. The van der Waals surface area contributed by atoms with Gasteiger partial charge in [0.1, 0.15) is 0 Å². The first-order chi connectivity index (χ1) is 4.70. The fourth-order valence-corrected chi connectivity index (χ4v) is 0.901.